The largest absolute Gasteiger partial charge is 0.491 e. The van der Waals surface area contributed by atoms with Crippen LogP contribution in [-0.4, -0.2) is 41.9 Å². The fourth-order valence-corrected chi connectivity index (χ4v) is 3.20. The second kappa shape index (κ2) is 7.38. The number of aliphatic hydroxyl groups is 1. The smallest absolute Gasteiger partial charge is 0.416 e. The maximum absolute atomic E-state index is 12.5. The predicted molar refractivity (Wildman–Crippen MR) is 76.7 cm³/mol. The summed E-state index contributed by atoms with van der Waals surface area (Å²) < 4.78 is 42.9. The van der Waals surface area contributed by atoms with Crippen molar-refractivity contribution in [3.8, 4) is 5.75 Å². The van der Waals surface area contributed by atoms with E-state index in [2.05, 4.69) is 5.32 Å². The molecule has 1 saturated heterocycles. The minimum atomic E-state index is -4.39. The molecule has 1 aromatic rings. The molecule has 1 aliphatic heterocycles. The van der Waals surface area contributed by atoms with Crippen molar-refractivity contribution in [1.29, 1.82) is 0 Å². The number of benzene rings is 1. The van der Waals surface area contributed by atoms with E-state index in [0.29, 0.717) is 12.6 Å². The van der Waals surface area contributed by atoms with E-state index in [1.807, 2.05) is 11.8 Å². The third kappa shape index (κ3) is 5.41. The molecule has 0 bridgehead atoms. The van der Waals surface area contributed by atoms with Gasteiger partial charge < -0.3 is 15.2 Å². The number of aliphatic hydroxyl groups excluding tert-OH is 1. The second-order valence-electron chi connectivity index (χ2n) is 4.96. The molecule has 0 saturated carbocycles. The molecule has 3 nitrogen and oxygen atoms in total. The van der Waals surface area contributed by atoms with Gasteiger partial charge in [-0.1, -0.05) is 6.07 Å². The van der Waals surface area contributed by atoms with E-state index >= 15 is 0 Å². The first kappa shape index (κ1) is 16.5. The Balaban J connectivity index is 1.76. The molecule has 118 valence electrons. The Hall–Kier alpha value is -0.920. The number of hydrogen-bond acceptors (Lipinski definition) is 4. The van der Waals surface area contributed by atoms with Gasteiger partial charge in [-0.15, -0.1) is 0 Å². The third-order valence-corrected chi connectivity index (χ3v) is 4.34. The van der Waals surface area contributed by atoms with Crippen LogP contribution in [0.5, 0.6) is 5.75 Å². The Bertz CT molecular complexity index is 450. The van der Waals surface area contributed by atoms with E-state index in [1.165, 1.54) is 12.1 Å². The van der Waals surface area contributed by atoms with Crippen LogP contribution >= 0.6 is 11.8 Å². The van der Waals surface area contributed by atoms with Crippen LogP contribution in [0.2, 0.25) is 0 Å². The minimum Gasteiger partial charge on any atom is -0.491 e. The van der Waals surface area contributed by atoms with Crippen molar-refractivity contribution in [3.05, 3.63) is 29.8 Å². The van der Waals surface area contributed by atoms with Crippen LogP contribution in [0.4, 0.5) is 13.2 Å². The Morgan fingerprint density at radius 2 is 2.24 bits per heavy atom. The number of alkyl halides is 3. The zero-order valence-electron chi connectivity index (χ0n) is 11.4. The zero-order chi connectivity index (χ0) is 15.3. The first-order valence-electron chi connectivity index (χ1n) is 6.74. The Kier molecular flexibility index (Phi) is 5.78. The molecule has 1 aromatic carbocycles. The summed E-state index contributed by atoms with van der Waals surface area (Å²) in [4.78, 5) is 0. The summed E-state index contributed by atoms with van der Waals surface area (Å²) >= 11 is 1.87. The van der Waals surface area contributed by atoms with Crippen LogP contribution < -0.4 is 10.1 Å². The van der Waals surface area contributed by atoms with Gasteiger partial charge in [0, 0.05) is 18.3 Å². The number of hydrogen-bond donors (Lipinski definition) is 2. The van der Waals surface area contributed by atoms with Gasteiger partial charge in [-0.05, 0) is 30.4 Å². The van der Waals surface area contributed by atoms with E-state index in [-0.39, 0.29) is 12.4 Å². The van der Waals surface area contributed by atoms with Crippen molar-refractivity contribution in [3.63, 3.8) is 0 Å². The molecule has 1 fully saturated rings. The van der Waals surface area contributed by atoms with Gasteiger partial charge >= 0.3 is 6.18 Å². The highest BCUT2D eigenvalue weighted by molar-refractivity contribution is 7.99. The van der Waals surface area contributed by atoms with Gasteiger partial charge in [0.25, 0.3) is 0 Å². The molecule has 2 N–H and O–H groups in total. The van der Waals surface area contributed by atoms with Gasteiger partial charge in [0.05, 0.1) is 5.56 Å². The fraction of sp³-hybridized carbons (Fsp3) is 0.571. The highest BCUT2D eigenvalue weighted by Gasteiger charge is 2.30. The number of thioether (sulfide) groups is 1. The quantitative estimate of drug-likeness (QED) is 0.845. The first-order valence-corrected chi connectivity index (χ1v) is 7.90. The predicted octanol–water partition coefficient (Wildman–Crippen LogP) is 2.54. The summed E-state index contributed by atoms with van der Waals surface area (Å²) in [6, 6.07) is 5.07. The summed E-state index contributed by atoms with van der Waals surface area (Å²) in [5.74, 6) is 2.26. The summed E-state index contributed by atoms with van der Waals surface area (Å²) in [7, 11) is 0. The first-order chi connectivity index (χ1) is 9.95. The zero-order valence-corrected chi connectivity index (χ0v) is 12.2. The van der Waals surface area contributed by atoms with Crippen LogP contribution in [0, 0.1) is 0 Å². The van der Waals surface area contributed by atoms with Gasteiger partial charge in [0.15, 0.2) is 0 Å². The van der Waals surface area contributed by atoms with Crippen molar-refractivity contribution in [1.82, 2.24) is 5.32 Å². The normalized spacial score (nSPS) is 20.5. The van der Waals surface area contributed by atoms with Crippen LogP contribution in [-0.2, 0) is 6.18 Å². The molecule has 0 spiro atoms. The van der Waals surface area contributed by atoms with Crippen molar-refractivity contribution in [2.24, 2.45) is 0 Å². The molecular formula is C14H18F3NO2S. The van der Waals surface area contributed by atoms with Crippen LogP contribution in [0.1, 0.15) is 12.0 Å². The van der Waals surface area contributed by atoms with E-state index in [9.17, 15) is 18.3 Å². The summed E-state index contributed by atoms with van der Waals surface area (Å²) in [5.41, 5.74) is -0.754. The molecule has 0 aliphatic carbocycles. The van der Waals surface area contributed by atoms with Gasteiger partial charge in [-0.2, -0.15) is 24.9 Å². The van der Waals surface area contributed by atoms with Crippen LogP contribution in [0.15, 0.2) is 24.3 Å². The Morgan fingerprint density at radius 3 is 2.90 bits per heavy atom. The molecule has 2 atom stereocenters. The Labute approximate surface area is 125 Å². The SMILES string of the molecule is O[C@H](CN[C@@H]1CCSC1)COc1cccc(C(F)(F)F)c1. The van der Waals surface area contributed by atoms with E-state index in [1.54, 1.807) is 0 Å². The average molecular weight is 321 g/mol. The molecule has 0 amide bonds. The summed E-state index contributed by atoms with van der Waals surface area (Å²) in [6.07, 6.45) is -4.06. The van der Waals surface area contributed by atoms with Gasteiger partial charge in [-0.25, -0.2) is 0 Å². The summed E-state index contributed by atoms with van der Waals surface area (Å²) in [5, 5.41) is 13.0. The van der Waals surface area contributed by atoms with Gasteiger partial charge in [0.2, 0.25) is 0 Å². The lowest BCUT2D eigenvalue weighted by atomic mass is 10.2. The molecule has 0 aromatic heterocycles. The number of halogens is 3. The number of ether oxygens (including phenoxy) is 1. The number of rotatable bonds is 6. The van der Waals surface area contributed by atoms with Crippen LogP contribution in [0.3, 0.4) is 0 Å². The lowest BCUT2D eigenvalue weighted by Gasteiger charge is -2.17. The standard InChI is InChI=1S/C14H18F3NO2S/c15-14(16,17)10-2-1-3-13(6-10)20-8-12(19)7-18-11-4-5-21-9-11/h1-3,6,11-12,18-19H,4-5,7-9H2/t11-,12-/m1/s1. The minimum absolute atomic E-state index is 0.0336. The molecule has 1 aliphatic rings. The van der Waals surface area contributed by atoms with Crippen molar-refractivity contribution in [2.75, 3.05) is 24.7 Å². The molecule has 7 heteroatoms. The monoisotopic (exact) mass is 321 g/mol. The molecule has 2 rings (SSSR count). The maximum Gasteiger partial charge on any atom is 0.416 e. The highest BCUT2D eigenvalue weighted by atomic mass is 32.2. The van der Waals surface area contributed by atoms with Gasteiger partial charge in [-0.3, -0.25) is 0 Å². The highest BCUT2D eigenvalue weighted by Crippen LogP contribution is 2.31. The van der Waals surface area contributed by atoms with E-state index in [0.717, 1.165) is 30.1 Å². The van der Waals surface area contributed by atoms with Crippen molar-refractivity contribution >= 4 is 11.8 Å². The molecule has 0 unspecified atom stereocenters. The molecule has 0 radical (unpaired) electrons. The van der Waals surface area contributed by atoms with Crippen molar-refractivity contribution in [2.45, 2.75) is 24.7 Å². The van der Waals surface area contributed by atoms with E-state index in [4.69, 9.17) is 4.74 Å². The summed E-state index contributed by atoms with van der Waals surface area (Å²) in [6.45, 7) is 0.346. The maximum atomic E-state index is 12.5. The number of nitrogens with one attached hydrogen (secondary N) is 1. The average Bonchev–Trinajstić information content (AvgIpc) is 2.95. The molecular weight excluding hydrogens is 303 g/mol. The molecule has 21 heavy (non-hydrogen) atoms. The topological polar surface area (TPSA) is 41.5 Å². The second-order valence-corrected chi connectivity index (χ2v) is 6.11. The lowest BCUT2D eigenvalue weighted by molar-refractivity contribution is -0.137. The van der Waals surface area contributed by atoms with Crippen molar-refractivity contribution < 1.29 is 23.0 Å². The Morgan fingerprint density at radius 1 is 1.43 bits per heavy atom. The van der Waals surface area contributed by atoms with E-state index < -0.39 is 17.8 Å². The van der Waals surface area contributed by atoms with Crippen LogP contribution in [0.25, 0.3) is 0 Å². The van der Waals surface area contributed by atoms with Gasteiger partial charge in [0.1, 0.15) is 18.5 Å². The fourth-order valence-electron chi connectivity index (χ4n) is 2.01. The molecule has 1 heterocycles. The third-order valence-electron chi connectivity index (χ3n) is 3.18. The lowest BCUT2D eigenvalue weighted by Crippen LogP contribution is -2.38.